The number of aromatic amines is 1. The van der Waals surface area contributed by atoms with Crippen LogP contribution in [-0.4, -0.2) is 39.5 Å². The number of H-pyrrole nitrogens is 1. The lowest BCUT2D eigenvalue weighted by Gasteiger charge is -2.36. The molecule has 1 unspecified atom stereocenters. The molecule has 1 amide bonds. The first-order chi connectivity index (χ1) is 12.6. The molecule has 0 bridgehead atoms. The van der Waals surface area contributed by atoms with Crippen LogP contribution in [0.5, 0.6) is 0 Å². The van der Waals surface area contributed by atoms with E-state index in [-0.39, 0.29) is 12.5 Å². The molecule has 1 saturated heterocycles. The monoisotopic (exact) mass is 356 g/mol. The summed E-state index contributed by atoms with van der Waals surface area (Å²) in [6.45, 7) is 2.36. The highest BCUT2D eigenvalue weighted by molar-refractivity contribution is 5.75. The van der Waals surface area contributed by atoms with E-state index in [1.807, 2.05) is 18.2 Å². The highest BCUT2D eigenvalue weighted by atomic mass is 16.2. The number of piperidine rings is 1. The maximum absolute atomic E-state index is 12.2. The molecule has 1 aromatic carbocycles. The topological polar surface area (TPSA) is 87.2 Å². The molecule has 1 aliphatic rings. The molecule has 1 atom stereocenters. The zero-order valence-electron chi connectivity index (χ0n) is 14.7. The van der Waals surface area contributed by atoms with Gasteiger partial charge in [0.15, 0.2) is 0 Å². The number of aromatic nitrogens is 2. The van der Waals surface area contributed by atoms with Crippen LogP contribution in [0.15, 0.2) is 52.2 Å². The van der Waals surface area contributed by atoms with Crippen LogP contribution < -0.4 is 16.6 Å². The molecule has 7 nitrogen and oxygen atoms in total. The summed E-state index contributed by atoms with van der Waals surface area (Å²) in [5.74, 6) is -0.232. The first-order valence-corrected chi connectivity index (χ1v) is 8.96. The van der Waals surface area contributed by atoms with E-state index in [2.05, 4.69) is 27.3 Å². The third kappa shape index (κ3) is 4.92. The van der Waals surface area contributed by atoms with Crippen molar-refractivity contribution >= 4 is 5.91 Å². The van der Waals surface area contributed by atoms with Crippen molar-refractivity contribution in [1.82, 2.24) is 19.8 Å². The van der Waals surface area contributed by atoms with E-state index in [0.717, 1.165) is 25.9 Å². The summed E-state index contributed by atoms with van der Waals surface area (Å²) < 4.78 is 1.19. The molecule has 2 heterocycles. The largest absolute Gasteiger partial charge is 0.353 e. The maximum Gasteiger partial charge on any atom is 0.328 e. The van der Waals surface area contributed by atoms with Gasteiger partial charge < -0.3 is 5.32 Å². The third-order valence-electron chi connectivity index (χ3n) is 4.72. The van der Waals surface area contributed by atoms with Crippen molar-refractivity contribution in [1.29, 1.82) is 0 Å². The molecule has 3 rings (SSSR count). The van der Waals surface area contributed by atoms with Gasteiger partial charge in [-0.1, -0.05) is 36.8 Å². The molecular weight excluding hydrogens is 332 g/mol. The van der Waals surface area contributed by atoms with E-state index in [9.17, 15) is 14.4 Å². The molecule has 0 radical (unpaired) electrons. The number of benzene rings is 1. The molecule has 1 fully saturated rings. The van der Waals surface area contributed by atoms with Crippen molar-refractivity contribution in [2.45, 2.75) is 38.4 Å². The van der Waals surface area contributed by atoms with Gasteiger partial charge in [-0.25, -0.2) is 4.79 Å². The average Bonchev–Trinajstić information content (AvgIpc) is 2.64. The van der Waals surface area contributed by atoms with Crippen LogP contribution in [0.4, 0.5) is 0 Å². The fourth-order valence-electron chi connectivity index (χ4n) is 3.33. The van der Waals surface area contributed by atoms with Crippen molar-refractivity contribution in [3.8, 4) is 0 Å². The lowest BCUT2D eigenvalue weighted by molar-refractivity contribution is -0.122. The molecule has 7 heteroatoms. The number of hydrogen-bond donors (Lipinski definition) is 2. The summed E-state index contributed by atoms with van der Waals surface area (Å²) in [6.07, 6.45) is 4.71. The third-order valence-corrected chi connectivity index (χ3v) is 4.72. The smallest absolute Gasteiger partial charge is 0.328 e. The Balaban J connectivity index is 1.55. The summed E-state index contributed by atoms with van der Waals surface area (Å²) in [7, 11) is 0. The summed E-state index contributed by atoms with van der Waals surface area (Å²) in [6, 6.07) is 11.9. The zero-order valence-corrected chi connectivity index (χ0v) is 14.7. The van der Waals surface area contributed by atoms with Gasteiger partial charge >= 0.3 is 5.69 Å². The second-order valence-electron chi connectivity index (χ2n) is 6.65. The van der Waals surface area contributed by atoms with E-state index in [0.29, 0.717) is 12.6 Å². The van der Waals surface area contributed by atoms with Gasteiger partial charge in [-0.05, 0) is 24.9 Å². The molecule has 2 N–H and O–H groups in total. The number of nitrogens with zero attached hydrogens (tertiary/aromatic N) is 2. The van der Waals surface area contributed by atoms with E-state index >= 15 is 0 Å². The minimum Gasteiger partial charge on any atom is -0.353 e. The van der Waals surface area contributed by atoms with Crippen LogP contribution in [0.1, 0.15) is 24.8 Å². The van der Waals surface area contributed by atoms with Gasteiger partial charge in [0.25, 0.3) is 5.56 Å². The van der Waals surface area contributed by atoms with Gasteiger partial charge in [0.1, 0.15) is 6.54 Å². The number of likely N-dealkylation sites (tertiary alicyclic amines) is 1. The number of amides is 1. The Morgan fingerprint density at radius 1 is 1.15 bits per heavy atom. The first-order valence-electron chi connectivity index (χ1n) is 8.96. The van der Waals surface area contributed by atoms with Crippen LogP contribution in [0.3, 0.4) is 0 Å². The van der Waals surface area contributed by atoms with Crippen LogP contribution >= 0.6 is 0 Å². The lowest BCUT2D eigenvalue weighted by Crippen LogP contribution is -2.47. The van der Waals surface area contributed by atoms with Crippen LogP contribution in [0.2, 0.25) is 0 Å². The Hall–Kier alpha value is -2.67. The molecule has 2 aromatic rings. The summed E-state index contributed by atoms with van der Waals surface area (Å²) in [5.41, 5.74) is 0.229. The molecule has 0 aliphatic carbocycles. The van der Waals surface area contributed by atoms with Crippen LogP contribution in [0.25, 0.3) is 0 Å². The molecule has 138 valence electrons. The van der Waals surface area contributed by atoms with Crippen molar-refractivity contribution in [3.63, 3.8) is 0 Å². The second kappa shape index (κ2) is 8.62. The van der Waals surface area contributed by atoms with Gasteiger partial charge in [0.2, 0.25) is 5.91 Å². The van der Waals surface area contributed by atoms with Gasteiger partial charge in [-0.15, -0.1) is 0 Å². The molecule has 1 aliphatic heterocycles. The van der Waals surface area contributed by atoms with E-state index in [4.69, 9.17) is 0 Å². The Kier molecular flexibility index (Phi) is 6.01. The number of carbonyl (C=O) groups is 1. The van der Waals surface area contributed by atoms with Gasteiger partial charge in [-0.2, -0.15) is 0 Å². The molecule has 0 saturated carbocycles. The summed E-state index contributed by atoms with van der Waals surface area (Å²) >= 11 is 0. The van der Waals surface area contributed by atoms with Crippen molar-refractivity contribution in [2.24, 2.45) is 0 Å². The Morgan fingerprint density at radius 2 is 1.96 bits per heavy atom. The van der Waals surface area contributed by atoms with Gasteiger partial charge in [-0.3, -0.25) is 24.0 Å². The van der Waals surface area contributed by atoms with Gasteiger partial charge in [0.05, 0.1) is 0 Å². The number of hydrogen-bond acceptors (Lipinski definition) is 4. The molecule has 0 spiro atoms. The number of carbonyl (C=O) groups excluding carboxylic acids is 1. The molecular formula is C19H24N4O3. The quantitative estimate of drug-likeness (QED) is 0.798. The second-order valence-corrected chi connectivity index (χ2v) is 6.65. The standard InChI is InChI=1S/C19H24N4O3/c24-17-9-11-23(19(26)21-17)14-18(25)20-12-16-8-4-5-10-22(16)13-15-6-2-1-3-7-15/h1-3,6-7,9,11,16H,4-5,8,10,12-14H2,(H,20,25)(H,21,24,26). The summed E-state index contributed by atoms with van der Waals surface area (Å²) in [4.78, 5) is 39.5. The number of nitrogens with one attached hydrogen (secondary N) is 2. The van der Waals surface area contributed by atoms with Crippen LogP contribution in [0, 0.1) is 0 Å². The maximum atomic E-state index is 12.2. The van der Waals surface area contributed by atoms with Crippen molar-refractivity contribution in [2.75, 3.05) is 13.1 Å². The number of rotatable bonds is 6. The van der Waals surface area contributed by atoms with Crippen LogP contribution in [-0.2, 0) is 17.9 Å². The average molecular weight is 356 g/mol. The predicted molar refractivity (Wildman–Crippen MR) is 98.8 cm³/mol. The van der Waals surface area contributed by atoms with Crippen molar-refractivity contribution < 1.29 is 4.79 Å². The molecule has 26 heavy (non-hydrogen) atoms. The Labute approximate surface area is 151 Å². The fraction of sp³-hybridized carbons (Fsp3) is 0.421. The minimum absolute atomic E-state index is 0.0962. The Morgan fingerprint density at radius 3 is 2.73 bits per heavy atom. The Bertz CT molecular complexity index is 844. The SMILES string of the molecule is O=C(Cn1ccc(=O)[nH]c1=O)NCC1CCCCN1Cc1ccccc1. The minimum atomic E-state index is -0.573. The van der Waals surface area contributed by atoms with E-state index < -0.39 is 11.2 Å². The summed E-state index contributed by atoms with van der Waals surface area (Å²) in [5, 5.41) is 2.93. The molecule has 1 aromatic heterocycles. The first kappa shape index (κ1) is 18.1. The normalized spacial score (nSPS) is 17.8. The fourth-order valence-corrected chi connectivity index (χ4v) is 3.33. The highest BCUT2D eigenvalue weighted by Gasteiger charge is 2.22. The van der Waals surface area contributed by atoms with Crippen molar-refractivity contribution in [3.05, 3.63) is 69.0 Å². The van der Waals surface area contributed by atoms with E-state index in [1.165, 1.54) is 28.8 Å². The predicted octanol–water partition coefficient (Wildman–Crippen LogP) is 0.708. The van der Waals surface area contributed by atoms with Gasteiger partial charge in [0, 0.05) is 31.4 Å². The van der Waals surface area contributed by atoms with E-state index in [1.54, 1.807) is 0 Å². The zero-order chi connectivity index (χ0) is 18.4. The lowest BCUT2D eigenvalue weighted by atomic mass is 10.0. The highest BCUT2D eigenvalue weighted by Crippen LogP contribution is 2.19.